The lowest BCUT2D eigenvalue weighted by molar-refractivity contribution is 0.0475. The van der Waals surface area contributed by atoms with Crippen LogP contribution in [0.1, 0.15) is 27.6 Å². The van der Waals surface area contributed by atoms with Gasteiger partial charge in [0, 0.05) is 17.8 Å². The molecule has 0 aliphatic heterocycles. The minimum absolute atomic E-state index is 0.233. The molecule has 27 heavy (non-hydrogen) atoms. The van der Waals surface area contributed by atoms with Gasteiger partial charge in [-0.15, -0.1) is 0 Å². The predicted octanol–water partition coefficient (Wildman–Crippen LogP) is 4.83. The van der Waals surface area contributed by atoms with Gasteiger partial charge in [0.05, 0.1) is 5.56 Å². The Kier molecular flexibility index (Phi) is 6.00. The van der Waals surface area contributed by atoms with Crippen molar-refractivity contribution in [2.45, 2.75) is 6.92 Å². The molecule has 0 bridgehead atoms. The zero-order valence-corrected chi connectivity index (χ0v) is 15.1. The molecule has 0 radical (unpaired) electrons. The Labute approximate surface area is 158 Å². The Morgan fingerprint density at radius 3 is 2.15 bits per heavy atom. The van der Waals surface area contributed by atoms with E-state index in [0.29, 0.717) is 23.4 Å². The molecule has 0 heterocycles. The number of para-hydroxylation sites is 1. The van der Waals surface area contributed by atoms with Crippen LogP contribution in [-0.2, 0) is 4.74 Å². The van der Waals surface area contributed by atoms with Gasteiger partial charge in [-0.3, -0.25) is 4.79 Å². The molecule has 1 N–H and O–H groups in total. The number of anilines is 1. The molecule has 0 spiro atoms. The summed E-state index contributed by atoms with van der Waals surface area (Å²) in [4.78, 5) is 24.6. The fourth-order valence-corrected chi connectivity index (χ4v) is 2.78. The summed E-state index contributed by atoms with van der Waals surface area (Å²) in [7, 11) is 0. The van der Waals surface area contributed by atoms with Gasteiger partial charge in [-0.05, 0) is 30.2 Å². The Morgan fingerprint density at radius 2 is 1.44 bits per heavy atom. The van der Waals surface area contributed by atoms with E-state index in [4.69, 9.17) is 4.74 Å². The van der Waals surface area contributed by atoms with Crippen LogP contribution in [0.4, 0.5) is 5.69 Å². The zero-order valence-electron chi connectivity index (χ0n) is 15.1. The van der Waals surface area contributed by atoms with Crippen LogP contribution in [-0.4, -0.2) is 24.9 Å². The molecule has 0 saturated heterocycles. The van der Waals surface area contributed by atoms with E-state index >= 15 is 0 Å². The SMILES string of the molecule is CCNc1ccccc1C(=O)OCC(=O)c1ccc(-c2ccccc2)cc1. The lowest BCUT2D eigenvalue weighted by atomic mass is 10.0. The molecule has 136 valence electrons. The Hall–Kier alpha value is -3.40. The van der Waals surface area contributed by atoms with Crippen molar-refractivity contribution in [2.24, 2.45) is 0 Å². The van der Waals surface area contributed by atoms with Crippen LogP contribution in [0.5, 0.6) is 0 Å². The molecule has 0 fully saturated rings. The van der Waals surface area contributed by atoms with E-state index in [2.05, 4.69) is 5.32 Å². The van der Waals surface area contributed by atoms with Crippen LogP contribution in [0.15, 0.2) is 78.9 Å². The van der Waals surface area contributed by atoms with Crippen molar-refractivity contribution in [3.05, 3.63) is 90.0 Å². The topological polar surface area (TPSA) is 55.4 Å². The van der Waals surface area contributed by atoms with Crippen LogP contribution in [0.2, 0.25) is 0 Å². The summed E-state index contributed by atoms with van der Waals surface area (Å²) in [6.45, 7) is 2.35. The van der Waals surface area contributed by atoms with Crippen molar-refractivity contribution in [3.8, 4) is 11.1 Å². The number of carbonyl (C=O) groups is 2. The van der Waals surface area contributed by atoms with Gasteiger partial charge >= 0.3 is 5.97 Å². The number of hydrogen-bond acceptors (Lipinski definition) is 4. The molecular formula is C23H21NO3. The first-order valence-corrected chi connectivity index (χ1v) is 8.87. The minimum Gasteiger partial charge on any atom is -0.454 e. The van der Waals surface area contributed by atoms with E-state index in [-0.39, 0.29) is 12.4 Å². The Balaban J connectivity index is 1.63. The van der Waals surface area contributed by atoms with E-state index in [1.54, 1.807) is 24.3 Å². The number of rotatable bonds is 7. The molecule has 0 aromatic heterocycles. The average molecular weight is 359 g/mol. The number of ketones is 1. The monoisotopic (exact) mass is 359 g/mol. The highest BCUT2D eigenvalue weighted by molar-refractivity contribution is 6.01. The molecule has 0 amide bonds. The molecule has 3 aromatic carbocycles. The van der Waals surface area contributed by atoms with Crippen molar-refractivity contribution in [1.82, 2.24) is 0 Å². The highest BCUT2D eigenvalue weighted by atomic mass is 16.5. The van der Waals surface area contributed by atoms with Crippen LogP contribution < -0.4 is 5.32 Å². The van der Waals surface area contributed by atoms with E-state index in [9.17, 15) is 9.59 Å². The minimum atomic E-state index is -0.513. The van der Waals surface area contributed by atoms with Gasteiger partial charge in [-0.2, -0.15) is 0 Å². The third-order valence-corrected chi connectivity index (χ3v) is 4.16. The van der Waals surface area contributed by atoms with Crippen LogP contribution in [0, 0.1) is 0 Å². The predicted molar refractivity (Wildman–Crippen MR) is 107 cm³/mol. The van der Waals surface area contributed by atoms with Crippen LogP contribution in [0.3, 0.4) is 0 Å². The molecule has 0 saturated carbocycles. The van der Waals surface area contributed by atoms with Crippen LogP contribution >= 0.6 is 0 Å². The summed E-state index contributed by atoms with van der Waals surface area (Å²) < 4.78 is 5.22. The van der Waals surface area contributed by atoms with Gasteiger partial charge in [0.2, 0.25) is 0 Å². The molecule has 0 aliphatic carbocycles. The number of Topliss-reactive ketones (excluding diaryl/α,β-unsaturated/α-hetero) is 1. The third-order valence-electron chi connectivity index (χ3n) is 4.16. The lowest BCUT2D eigenvalue weighted by Crippen LogP contribution is -2.15. The van der Waals surface area contributed by atoms with Crippen molar-refractivity contribution in [3.63, 3.8) is 0 Å². The maximum Gasteiger partial charge on any atom is 0.340 e. The van der Waals surface area contributed by atoms with Crippen molar-refractivity contribution in [1.29, 1.82) is 0 Å². The number of benzene rings is 3. The number of hydrogen-bond donors (Lipinski definition) is 1. The molecule has 3 aromatic rings. The number of ether oxygens (including phenoxy) is 1. The molecule has 0 unspecified atom stereocenters. The zero-order chi connectivity index (χ0) is 19.1. The highest BCUT2D eigenvalue weighted by Crippen LogP contribution is 2.20. The van der Waals surface area contributed by atoms with Gasteiger partial charge in [0.1, 0.15) is 0 Å². The Morgan fingerprint density at radius 1 is 0.815 bits per heavy atom. The second-order valence-corrected chi connectivity index (χ2v) is 6.02. The largest absolute Gasteiger partial charge is 0.454 e. The number of esters is 1. The lowest BCUT2D eigenvalue weighted by Gasteiger charge is -2.10. The fraction of sp³-hybridized carbons (Fsp3) is 0.130. The smallest absolute Gasteiger partial charge is 0.340 e. The molecule has 3 rings (SSSR count). The van der Waals surface area contributed by atoms with Gasteiger partial charge in [-0.25, -0.2) is 4.79 Å². The van der Waals surface area contributed by atoms with Gasteiger partial charge in [0.25, 0.3) is 0 Å². The molecule has 4 heteroatoms. The van der Waals surface area contributed by atoms with E-state index < -0.39 is 5.97 Å². The van der Waals surface area contributed by atoms with Gasteiger partial charge in [0.15, 0.2) is 12.4 Å². The van der Waals surface area contributed by atoms with Crippen molar-refractivity contribution >= 4 is 17.4 Å². The number of nitrogens with one attached hydrogen (secondary N) is 1. The maximum absolute atomic E-state index is 12.3. The standard InChI is InChI=1S/C23H21NO3/c1-2-24-21-11-7-6-10-20(21)23(26)27-16-22(25)19-14-12-18(13-15-19)17-8-4-3-5-9-17/h3-15,24H,2,16H2,1H3. The molecule has 4 nitrogen and oxygen atoms in total. The summed E-state index contributed by atoms with van der Waals surface area (Å²) in [5, 5.41) is 3.11. The van der Waals surface area contributed by atoms with Gasteiger partial charge < -0.3 is 10.1 Å². The van der Waals surface area contributed by atoms with Crippen molar-refractivity contribution in [2.75, 3.05) is 18.5 Å². The maximum atomic E-state index is 12.3. The summed E-state index contributed by atoms with van der Waals surface area (Å²) in [6, 6.07) is 24.3. The van der Waals surface area contributed by atoms with E-state index in [0.717, 1.165) is 11.1 Å². The van der Waals surface area contributed by atoms with Crippen LogP contribution in [0.25, 0.3) is 11.1 Å². The average Bonchev–Trinajstić information content (AvgIpc) is 2.73. The second-order valence-electron chi connectivity index (χ2n) is 6.02. The first-order valence-electron chi connectivity index (χ1n) is 8.87. The fourth-order valence-electron chi connectivity index (χ4n) is 2.78. The third kappa shape index (κ3) is 4.61. The first kappa shape index (κ1) is 18.4. The summed E-state index contributed by atoms with van der Waals surface area (Å²) >= 11 is 0. The molecule has 0 aliphatic rings. The van der Waals surface area contributed by atoms with E-state index in [1.807, 2.05) is 61.5 Å². The quantitative estimate of drug-likeness (QED) is 0.485. The summed E-state index contributed by atoms with van der Waals surface area (Å²) in [5.74, 6) is -0.746. The summed E-state index contributed by atoms with van der Waals surface area (Å²) in [6.07, 6.45) is 0. The Bertz CT molecular complexity index is 918. The molecular weight excluding hydrogens is 338 g/mol. The normalized spacial score (nSPS) is 10.3. The molecule has 0 atom stereocenters. The van der Waals surface area contributed by atoms with Crippen molar-refractivity contribution < 1.29 is 14.3 Å². The van der Waals surface area contributed by atoms with Gasteiger partial charge in [-0.1, -0.05) is 66.7 Å². The summed E-state index contributed by atoms with van der Waals surface area (Å²) in [5.41, 5.74) is 3.75. The van der Waals surface area contributed by atoms with E-state index in [1.165, 1.54) is 0 Å². The highest BCUT2D eigenvalue weighted by Gasteiger charge is 2.15. The first-order chi connectivity index (χ1) is 13.2. The second kappa shape index (κ2) is 8.81. The number of carbonyl (C=O) groups excluding carboxylic acids is 2.